The highest BCUT2D eigenvalue weighted by atomic mass is 32.2. The first-order valence-corrected chi connectivity index (χ1v) is 12.1. The molecule has 2 amide bonds. The minimum Gasteiger partial charge on any atom is -0.493 e. The first kappa shape index (κ1) is 23.3. The van der Waals surface area contributed by atoms with E-state index in [9.17, 15) is 9.59 Å². The van der Waals surface area contributed by atoms with Gasteiger partial charge in [-0.15, -0.1) is 11.8 Å². The van der Waals surface area contributed by atoms with Crippen LogP contribution < -0.4 is 24.4 Å². The molecule has 0 unspecified atom stereocenters. The number of carbonyl (C=O) groups is 2. The lowest BCUT2D eigenvalue weighted by Crippen LogP contribution is -2.43. The molecule has 1 saturated carbocycles. The lowest BCUT2D eigenvalue weighted by molar-refractivity contribution is -0.124. The van der Waals surface area contributed by atoms with Crippen molar-refractivity contribution in [1.29, 1.82) is 0 Å². The summed E-state index contributed by atoms with van der Waals surface area (Å²) in [5, 5.41) is 2.93. The van der Waals surface area contributed by atoms with Crippen LogP contribution in [-0.4, -0.2) is 45.7 Å². The van der Waals surface area contributed by atoms with E-state index in [1.807, 2.05) is 36.4 Å². The number of carbonyl (C=O) groups excluding carboxylic acids is 2. The van der Waals surface area contributed by atoms with Gasteiger partial charge in [0, 0.05) is 22.6 Å². The average molecular weight is 471 g/mol. The van der Waals surface area contributed by atoms with Gasteiger partial charge in [-0.2, -0.15) is 0 Å². The molecule has 0 radical (unpaired) electrons. The van der Waals surface area contributed by atoms with E-state index in [0.717, 1.165) is 41.8 Å². The van der Waals surface area contributed by atoms with Gasteiger partial charge in [-0.1, -0.05) is 25.0 Å². The molecule has 1 aliphatic carbocycles. The van der Waals surface area contributed by atoms with Crippen molar-refractivity contribution in [1.82, 2.24) is 5.32 Å². The van der Waals surface area contributed by atoms with E-state index in [2.05, 4.69) is 5.32 Å². The Balaban J connectivity index is 1.63. The molecular formula is C25H30N2O5S. The summed E-state index contributed by atoms with van der Waals surface area (Å²) < 4.78 is 16.5. The summed E-state index contributed by atoms with van der Waals surface area (Å²) in [6, 6.07) is 11.7. The highest BCUT2D eigenvalue weighted by Gasteiger charge is 2.32. The average Bonchev–Trinajstić information content (AvgIpc) is 3.29. The Kier molecular flexibility index (Phi) is 7.33. The van der Waals surface area contributed by atoms with Crippen LogP contribution in [0.2, 0.25) is 0 Å². The molecule has 0 spiro atoms. The predicted octanol–water partition coefficient (Wildman–Crippen LogP) is 4.34. The molecule has 0 saturated heterocycles. The molecule has 0 bridgehead atoms. The number of nitrogens with one attached hydrogen (secondary N) is 1. The third-order valence-corrected chi connectivity index (χ3v) is 7.49. The van der Waals surface area contributed by atoms with Crippen LogP contribution in [0.5, 0.6) is 17.2 Å². The molecule has 7 nitrogen and oxygen atoms in total. The number of benzene rings is 2. The van der Waals surface area contributed by atoms with Gasteiger partial charge >= 0.3 is 0 Å². The number of thioether (sulfide) groups is 1. The quantitative estimate of drug-likeness (QED) is 0.649. The molecule has 33 heavy (non-hydrogen) atoms. The zero-order valence-corrected chi connectivity index (χ0v) is 20.1. The predicted molar refractivity (Wildman–Crippen MR) is 129 cm³/mol. The molecule has 1 aliphatic heterocycles. The van der Waals surface area contributed by atoms with Gasteiger partial charge in [-0.25, -0.2) is 0 Å². The van der Waals surface area contributed by atoms with Crippen molar-refractivity contribution >= 4 is 29.3 Å². The van der Waals surface area contributed by atoms with E-state index < -0.39 is 0 Å². The second-order valence-corrected chi connectivity index (χ2v) is 9.51. The fourth-order valence-corrected chi connectivity index (χ4v) is 5.77. The van der Waals surface area contributed by atoms with Crippen LogP contribution in [0.4, 0.5) is 5.69 Å². The van der Waals surface area contributed by atoms with E-state index in [-0.39, 0.29) is 36.1 Å². The number of fused-ring (bicyclic) bond motifs is 1. The van der Waals surface area contributed by atoms with Gasteiger partial charge in [0.05, 0.1) is 27.0 Å². The van der Waals surface area contributed by atoms with Crippen LogP contribution >= 0.6 is 11.8 Å². The van der Waals surface area contributed by atoms with Gasteiger partial charge in [-0.05, 0) is 42.7 Å². The second-order valence-electron chi connectivity index (χ2n) is 8.27. The third-order valence-electron chi connectivity index (χ3n) is 6.17. The fourth-order valence-electron chi connectivity index (χ4n) is 4.51. The van der Waals surface area contributed by atoms with E-state index in [1.54, 1.807) is 38.0 Å². The molecule has 2 aromatic carbocycles. The van der Waals surface area contributed by atoms with Crippen LogP contribution in [0, 0.1) is 0 Å². The van der Waals surface area contributed by atoms with Gasteiger partial charge in [-0.3, -0.25) is 9.59 Å². The fraction of sp³-hybridized carbons (Fsp3) is 0.440. The molecule has 176 valence electrons. The molecule has 0 aromatic heterocycles. The van der Waals surface area contributed by atoms with Crippen molar-refractivity contribution in [3.63, 3.8) is 0 Å². The maximum Gasteiger partial charge on any atom is 0.240 e. The number of nitrogens with zero attached hydrogens (tertiary/aromatic N) is 1. The lowest BCUT2D eigenvalue weighted by Gasteiger charge is -2.23. The standard InChI is InChI=1S/C25H30N2O5S/c1-30-19-12-16(13-20(31-2)25(19)32-3)22-14-24(29)27(18-10-6-7-11-21(18)33-22)15-23(28)26-17-8-4-5-9-17/h6-7,10-13,17,22H,4-5,8-9,14-15H2,1-3H3,(H,26,28)/t22-/m0/s1. The topological polar surface area (TPSA) is 77.1 Å². The molecule has 8 heteroatoms. The number of amides is 2. The summed E-state index contributed by atoms with van der Waals surface area (Å²) in [5.74, 6) is 1.41. The van der Waals surface area contributed by atoms with Crippen LogP contribution in [0.25, 0.3) is 0 Å². The van der Waals surface area contributed by atoms with Crippen LogP contribution in [0.1, 0.15) is 42.9 Å². The summed E-state index contributed by atoms with van der Waals surface area (Å²) in [7, 11) is 4.72. The highest BCUT2D eigenvalue weighted by Crippen LogP contribution is 2.49. The molecule has 1 heterocycles. The van der Waals surface area contributed by atoms with Crippen molar-refractivity contribution in [2.45, 2.75) is 48.3 Å². The van der Waals surface area contributed by atoms with E-state index in [4.69, 9.17) is 14.2 Å². The first-order valence-electron chi connectivity index (χ1n) is 11.2. The summed E-state index contributed by atoms with van der Waals surface area (Å²) in [4.78, 5) is 28.7. The number of hydrogen-bond donors (Lipinski definition) is 1. The lowest BCUT2D eigenvalue weighted by atomic mass is 10.1. The van der Waals surface area contributed by atoms with Gasteiger partial charge in [0.25, 0.3) is 0 Å². The molecule has 1 atom stereocenters. The van der Waals surface area contributed by atoms with Gasteiger partial charge in [0.1, 0.15) is 6.54 Å². The number of para-hydroxylation sites is 1. The van der Waals surface area contributed by atoms with Crippen molar-refractivity contribution in [2.24, 2.45) is 0 Å². The Morgan fingerprint density at radius 1 is 1.06 bits per heavy atom. The molecular weight excluding hydrogens is 440 g/mol. The Bertz CT molecular complexity index is 997. The Labute approximate surface area is 198 Å². The van der Waals surface area contributed by atoms with Crippen LogP contribution in [0.15, 0.2) is 41.3 Å². The number of methoxy groups -OCH3 is 3. The van der Waals surface area contributed by atoms with E-state index in [1.165, 1.54) is 0 Å². The van der Waals surface area contributed by atoms with Crippen LogP contribution in [-0.2, 0) is 9.59 Å². The van der Waals surface area contributed by atoms with Crippen molar-refractivity contribution in [2.75, 3.05) is 32.8 Å². The molecule has 1 fully saturated rings. The molecule has 2 aromatic rings. The number of rotatable bonds is 7. The number of hydrogen-bond acceptors (Lipinski definition) is 6. The van der Waals surface area contributed by atoms with E-state index in [0.29, 0.717) is 17.2 Å². The summed E-state index contributed by atoms with van der Waals surface area (Å²) >= 11 is 1.60. The molecule has 1 N–H and O–H groups in total. The summed E-state index contributed by atoms with van der Waals surface area (Å²) in [6.07, 6.45) is 4.55. The second kappa shape index (κ2) is 10.4. The van der Waals surface area contributed by atoms with Gasteiger partial charge in [0.15, 0.2) is 11.5 Å². The zero-order chi connectivity index (χ0) is 23.4. The van der Waals surface area contributed by atoms with Crippen molar-refractivity contribution < 1.29 is 23.8 Å². The van der Waals surface area contributed by atoms with Gasteiger partial charge in [0.2, 0.25) is 17.6 Å². The first-order chi connectivity index (χ1) is 16.0. The maximum atomic E-state index is 13.4. The molecule has 4 rings (SSSR count). The minimum atomic E-state index is -0.171. The highest BCUT2D eigenvalue weighted by molar-refractivity contribution is 7.99. The van der Waals surface area contributed by atoms with Gasteiger partial charge < -0.3 is 24.4 Å². The number of ether oxygens (including phenoxy) is 3. The zero-order valence-electron chi connectivity index (χ0n) is 19.3. The van der Waals surface area contributed by atoms with Crippen molar-refractivity contribution in [3.05, 3.63) is 42.0 Å². The smallest absolute Gasteiger partial charge is 0.240 e. The summed E-state index contributed by atoms with van der Waals surface area (Å²) in [5.41, 5.74) is 1.67. The normalized spacial score (nSPS) is 18.5. The molecule has 2 aliphatic rings. The third kappa shape index (κ3) is 5.05. The Morgan fingerprint density at radius 3 is 2.36 bits per heavy atom. The van der Waals surface area contributed by atoms with E-state index >= 15 is 0 Å². The maximum absolute atomic E-state index is 13.4. The Hall–Kier alpha value is -2.87. The Morgan fingerprint density at radius 2 is 1.73 bits per heavy atom. The minimum absolute atomic E-state index is 0.0227. The largest absolute Gasteiger partial charge is 0.493 e. The number of anilines is 1. The SMILES string of the molecule is COc1cc([C@@H]2CC(=O)N(CC(=O)NC3CCCC3)c3ccccc3S2)cc(OC)c1OC. The monoisotopic (exact) mass is 470 g/mol. The van der Waals surface area contributed by atoms with Crippen LogP contribution in [0.3, 0.4) is 0 Å². The summed E-state index contributed by atoms with van der Waals surface area (Å²) in [6.45, 7) is 0.0227. The van der Waals surface area contributed by atoms with Crippen molar-refractivity contribution in [3.8, 4) is 17.2 Å².